The average Bonchev–Trinajstić information content (AvgIpc) is 2.40. The van der Waals surface area contributed by atoms with Crippen LogP contribution in [0.5, 0.6) is 0 Å². The molecule has 1 nitrogen and oxygen atoms in total. The van der Waals surface area contributed by atoms with Crippen molar-refractivity contribution in [2.24, 2.45) is 0 Å². The molecule has 0 amide bonds. The van der Waals surface area contributed by atoms with Gasteiger partial charge in [-0.2, -0.15) is 0 Å². The summed E-state index contributed by atoms with van der Waals surface area (Å²) in [6.07, 6.45) is 0. The normalized spacial score (nSPS) is 12.4. The van der Waals surface area contributed by atoms with Crippen molar-refractivity contribution >= 4 is 27.5 Å². The molecule has 0 bridgehead atoms. The number of rotatable bonds is 4. The van der Waals surface area contributed by atoms with Crippen LogP contribution in [-0.2, 0) is 6.54 Å². The Balaban J connectivity index is 1.98. The maximum Gasteiger partial charge on any atom is 0.0548 e. The minimum atomic E-state index is 0.329. The van der Waals surface area contributed by atoms with E-state index in [-0.39, 0.29) is 0 Å². The Morgan fingerprint density at radius 2 is 1.84 bits per heavy atom. The molecule has 0 radical (unpaired) electrons. The summed E-state index contributed by atoms with van der Waals surface area (Å²) in [7, 11) is 0. The Morgan fingerprint density at radius 3 is 2.47 bits per heavy atom. The van der Waals surface area contributed by atoms with E-state index in [0.717, 1.165) is 16.0 Å². The highest BCUT2D eigenvalue weighted by Gasteiger charge is 2.05. The Kier molecular flexibility index (Phi) is 5.03. The third kappa shape index (κ3) is 4.07. The van der Waals surface area contributed by atoms with E-state index in [9.17, 15) is 0 Å². The van der Waals surface area contributed by atoms with E-state index < -0.39 is 0 Å². The molecular formula is C16H17BrClN. The topological polar surface area (TPSA) is 12.0 Å². The summed E-state index contributed by atoms with van der Waals surface area (Å²) >= 11 is 9.43. The van der Waals surface area contributed by atoms with Gasteiger partial charge in [0, 0.05) is 17.1 Å². The predicted octanol–water partition coefficient (Wildman–Crippen LogP) is 5.26. The molecule has 100 valence electrons. The van der Waals surface area contributed by atoms with Gasteiger partial charge in [-0.25, -0.2) is 0 Å². The third-order valence-corrected chi connectivity index (χ3v) is 4.39. The van der Waals surface area contributed by atoms with Crippen LogP contribution < -0.4 is 5.32 Å². The molecule has 1 unspecified atom stereocenters. The molecule has 2 aromatic carbocycles. The maximum absolute atomic E-state index is 5.99. The van der Waals surface area contributed by atoms with Crippen LogP contribution in [0.3, 0.4) is 0 Å². The molecule has 2 rings (SSSR count). The lowest BCUT2D eigenvalue weighted by molar-refractivity contribution is 0.574. The van der Waals surface area contributed by atoms with Crippen molar-refractivity contribution in [2.45, 2.75) is 26.4 Å². The van der Waals surface area contributed by atoms with Crippen molar-refractivity contribution < 1.29 is 0 Å². The first kappa shape index (κ1) is 14.6. The highest BCUT2D eigenvalue weighted by molar-refractivity contribution is 9.10. The van der Waals surface area contributed by atoms with Crippen LogP contribution >= 0.6 is 27.5 Å². The summed E-state index contributed by atoms with van der Waals surface area (Å²) in [5.41, 5.74) is 3.81. The van der Waals surface area contributed by atoms with Gasteiger partial charge < -0.3 is 5.32 Å². The van der Waals surface area contributed by atoms with E-state index in [1.807, 2.05) is 12.1 Å². The number of benzene rings is 2. The van der Waals surface area contributed by atoms with Crippen LogP contribution in [0.15, 0.2) is 46.9 Å². The molecule has 0 aliphatic carbocycles. The van der Waals surface area contributed by atoms with Crippen molar-refractivity contribution in [1.82, 2.24) is 5.32 Å². The Labute approximate surface area is 128 Å². The zero-order valence-electron chi connectivity index (χ0n) is 11.1. The van der Waals surface area contributed by atoms with Gasteiger partial charge in [0.05, 0.1) is 5.02 Å². The Morgan fingerprint density at radius 1 is 1.16 bits per heavy atom. The largest absolute Gasteiger partial charge is 0.306 e. The molecule has 0 aliphatic heterocycles. The molecule has 0 aliphatic rings. The monoisotopic (exact) mass is 337 g/mol. The van der Waals surface area contributed by atoms with Gasteiger partial charge in [-0.15, -0.1) is 0 Å². The molecule has 1 N–H and O–H groups in total. The SMILES string of the molecule is Cc1ccc(C(C)NCc2ccc(Cl)c(Br)c2)cc1. The van der Waals surface area contributed by atoms with Gasteiger partial charge in [0.2, 0.25) is 0 Å². The van der Waals surface area contributed by atoms with E-state index in [1.165, 1.54) is 16.7 Å². The van der Waals surface area contributed by atoms with Gasteiger partial charge in [0.1, 0.15) is 0 Å². The van der Waals surface area contributed by atoms with Crippen LogP contribution in [0.1, 0.15) is 29.7 Å². The number of aryl methyl sites for hydroxylation is 1. The van der Waals surface area contributed by atoms with Crippen molar-refractivity contribution in [1.29, 1.82) is 0 Å². The quantitative estimate of drug-likeness (QED) is 0.801. The van der Waals surface area contributed by atoms with Gasteiger partial charge in [0.15, 0.2) is 0 Å². The zero-order valence-corrected chi connectivity index (χ0v) is 13.4. The number of nitrogens with one attached hydrogen (secondary N) is 1. The first-order chi connectivity index (χ1) is 9.06. The van der Waals surface area contributed by atoms with E-state index in [0.29, 0.717) is 6.04 Å². The van der Waals surface area contributed by atoms with Gasteiger partial charge in [0.25, 0.3) is 0 Å². The van der Waals surface area contributed by atoms with E-state index >= 15 is 0 Å². The Hall–Kier alpha value is -0.830. The lowest BCUT2D eigenvalue weighted by Gasteiger charge is -2.15. The average molecular weight is 339 g/mol. The third-order valence-electron chi connectivity index (χ3n) is 3.17. The van der Waals surface area contributed by atoms with E-state index in [1.54, 1.807) is 0 Å². The molecule has 0 fully saturated rings. The van der Waals surface area contributed by atoms with Gasteiger partial charge >= 0.3 is 0 Å². The highest BCUT2D eigenvalue weighted by Crippen LogP contribution is 2.23. The first-order valence-electron chi connectivity index (χ1n) is 6.30. The number of halogens is 2. The van der Waals surface area contributed by atoms with Crippen molar-refractivity contribution in [3.05, 3.63) is 68.7 Å². The van der Waals surface area contributed by atoms with Crippen molar-refractivity contribution in [3.63, 3.8) is 0 Å². The van der Waals surface area contributed by atoms with Crippen molar-refractivity contribution in [2.75, 3.05) is 0 Å². The highest BCUT2D eigenvalue weighted by atomic mass is 79.9. The first-order valence-corrected chi connectivity index (χ1v) is 7.47. The second-order valence-electron chi connectivity index (χ2n) is 4.76. The minimum absolute atomic E-state index is 0.329. The summed E-state index contributed by atoms with van der Waals surface area (Å²) in [5.74, 6) is 0. The van der Waals surface area contributed by atoms with Crippen LogP contribution in [0.2, 0.25) is 5.02 Å². The molecule has 19 heavy (non-hydrogen) atoms. The lowest BCUT2D eigenvalue weighted by atomic mass is 10.1. The summed E-state index contributed by atoms with van der Waals surface area (Å²) < 4.78 is 0.941. The smallest absolute Gasteiger partial charge is 0.0548 e. The summed E-state index contributed by atoms with van der Waals surface area (Å²) in [6.45, 7) is 5.10. The minimum Gasteiger partial charge on any atom is -0.306 e. The second kappa shape index (κ2) is 6.56. The zero-order chi connectivity index (χ0) is 13.8. The fraction of sp³-hybridized carbons (Fsp3) is 0.250. The molecule has 1 atom stereocenters. The summed E-state index contributed by atoms with van der Waals surface area (Å²) in [6, 6.07) is 15.0. The van der Waals surface area contributed by atoms with Crippen LogP contribution in [-0.4, -0.2) is 0 Å². The van der Waals surface area contributed by atoms with Crippen LogP contribution in [0.4, 0.5) is 0 Å². The van der Waals surface area contributed by atoms with Gasteiger partial charge in [-0.3, -0.25) is 0 Å². The van der Waals surface area contributed by atoms with Crippen molar-refractivity contribution in [3.8, 4) is 0 Å². The number of hydrogen-bond acceptors (Lipinski definition) is 1. The van der Waals surface area contributed by atoms with E-state index in [2.05, 4.69) is 65.4 Å². The molecule has 0 saturated carbocycles. The standard InChI is InChI=1S/C16H17BrClN/c1-11-3-6-14(7-4-11)12(2)19-10-13-5-8-16(18)15(17)9-13/h3-9,12,19H,10H2,1-2H3. The molecule has 0 saturated heterocycles. The molecule has 3 heteroatoms. The molecule has 2 aromatic rings. The van der Waals surface area contributed by atoms with Crippen LogP contribution in [0, 0.1) is 6.92 Å². The number of hydrogen-bond donors (Lipinski definition) is 1. The molecule has 0 heterocycles. The summed E-state index contributed by atoms with van der Waals surface area (Å²) in [4.78, 5) is 0. The van der Waals surface area contributed by atoms with Crippen LogP contribution in [0.25, 0.3) is 0 Å². The van der Waals surface area contributed by atoms with Gasteiger partial charge in [-0.05, 0) is 53.0 Å². The van der Waals surface area contributed by atoms with E-state index in [4.69, 9.17) is 11.6 Å². The van der Waals surface area contributed by atoms with Gasteiger partial charge in [-0.1, -0.05) is 47.5 Å². The molecule has 0 aromatic heterocycles. The summed E-state index contributed by atoms with van der Waals surface area (Å²) in [5, 5.41) is 4.26. The lowest BCUT2D eigenvalue weighted by Crippen LogP contribution is -2.18. The fourth-order valence-electron chi connectivity index (χ4n) is 1.89. The predicted molar refractivity (Wildman–Crippen MR) is 85.6 cm³/mol. The Bertz CT molecular complexity index is 551. The second-order valence-corrected chi connectivity index (χ2v) is 6.02. The molecule has 0 spiro atoms. The molecular weight excluding hydrogens is 322 g/mol. The maximum atomic E-state index is 5.99. The fourth-order valence-corrected chi connectivity index (χ4v) is 2.44.